The molecule has 2 amide bonds. The summed E-state index contributed by atoms with van der Waals surface area (Å²) in [6.07, 6.45) is -1.09. The van der Waals surface area contributed by atoms with Crippen molar-refractivity contribution in [2.75, 3.05) is 19.5 Å². The molecule has 1 atom stereocenters. The first-order valence-electron chi connectivity index (χ1n) is 7.48. The molecule has 1 aromatic carbocycles. The van der Waals surface area contributed by atoms with Crippen LogP contribution in [0.15, 0.2) is 29.6 Å². The number of anilines is 1. The number of nitrogens with one attached hydrogen (secondary N) is 1. The predicted octanol–water partition coefficient (Wildman–Crippen LogP) is 2.05. The largest absolute Gasteiger partial charge is 0.497 e. The number of hydrogen-bond donors (Lipinski definition) is 2. The van der Waals surface area contributed by atoms with Crippen LogP contribution in [0.3, 0.4) is 0 Å². The summed E-state index contributed by atoms with van der Waals surface area (Å²) in [6.45, 7) is 1.42. The lowest BCUT2D eigenvalue weighted by Gasteiger charge is -2.14. The minimum absolute atomic E-state index is 0.176. The Kier molecular flexibility index (Phi) is 6.18. The second-order valence-electron chi connectivity index (χ2n) is 5.17. The monoisotopic (exact) mass is 378 g/mol. The first-order chi connectivity index (χ1) is 12.3. The quantitative estimate of drug-likeness (QED) is 0.712. The normalized spacial score (nSPS) is 11.3. The van der Waals surface area contributed by atoms with Crippen LogP contribution in [0.4, 0.5) is 5.00 Å². The fourth-order valence-electron chi connectivity index (χ4n) is 2.02. The third kappa shape index (κ3) is 4.51. The van der Waals surface area contributed by atoms with Crippen LogP contribution < -0.4 is 20.5 Å². The van der Waals surface area contributed by atoms with Crippen LogP contribution in [0.1, 0.15) is 27.6 Å². The van der Waals surface area contributed by atoms with Gasteiger partial charge in [-0.3, -0.25) is 9.59 Å². The number of amides is 2. The summed E-state index contributed by atoms with van der Waals surface area (Å²) in [5, 5.41) is 4.45. The van der Waals surface area contributed by atoms with E-state index in [-0.39, 0.29) is 11.1 Å². The van der Waals surface area contributed by atoms with Crippen molar-refractivity contribution in [1.29, 1.82) is 0 Å². The average molecular weight is 378 g/mol. The summed E-state index contributed by atoms with van der Waals surface area (Å²) in [6, 6.07) is 6.05. The maximum absolute atomic E-state index is 12.3. The van der Waals surface area contributed by atoms with Gasteiger partial charge in [0.2, 0.25) is 0 Å². The van der Waals surface area contributed by atoms with Crippen molar-refractivity contribution in [3.63, 3.8) is 0 Å². The molecule has 26 heavy (non-hydrogen) atoms. The molecule has 9 heteroatoms. The number of carbonyl (C=O) groups is 3. The van der Waals surface area contributed by atoms with Crippen LogP contribution in [0.25, 0.3) is 0 Å². The number of thiophene rings is 1. The molecule has 0 bridgehead atoms. The number of esters is 1. The van der Waals surface area contributed by atoms with Crippen molar-refractivity contribution in [1.82, 2.24) is 0 Å². The molecule has 8 nitrogen and oxygen atoms in total. The van der Waals surface area contributed by atoms with Gasteiger partial charge in [0, 0.05) is 6.07 Å². The molecule has 2 aromatic rings. The van der Waals surface area contributed by atoms with E-state index in [0.29, 0.717) is 16.5 Å². The number of ether oxygens (including phenoxy) is 3. The van der Waals surface area contributed by atoms with E-state index >= 15 is 0 Å². The number of methoxy groups -OCH3 is 2. The molecule has 1 unspecified atom stereocenters. The molecular formula is C17H18N2O6S. The zero-order chi connectivity index (χ0) is 19.3. The fraction of sp³-hybridized carbons (Fsp3) is 0.235. The zero-order valence-electron chi connectivity index (χ0n) is 14.4. The van der Waals surface area contributed by atoms with E-state index < -0.39 is 23.9 Å². The molecule has 0 radical (unpaired) electrons. The smallest absolute Gasteiger partial charge is 0.339 e. The summed E-state index contributed by atoms with van der Waals surface area (Å²) in [4.78, 5) is 35.8. The van der Waals surface area contributed by atoms with E-state index in [4.69, 9.17) is 19.9 Å². The number of carbonyl (C=O) groups excluding carboxylic acids is 3. The minimum atomic E-state index is -1.09. The molecule has 0 aliphatic heterocycles. The Balaban J connectivity index is 2.07. The number of primary amides is 1. The molecule has 0 spiro atoms. The van der Waals surface area contributed by atoms with Crippen LogP contribution in [-0.2, 0) is 9.53 Å². The molecule has 0 aliphatic carbocycles. The molecular weight excluding hydrogens is 360 g/mol. The minimum Gasteiger partial charge on any atom is -0.497 e. The maximum Gasteiger partial charge on any atom is 0.339 e. The third-order valence-corrected chi connectivity index (χ3v) is 4.24. The van der Waals surface area contributed by atoms with Crippen LogP contribution >= 0.6 is 11.3 Å². The Labute approximate surface area is 153 Å². The van der Waals surface area contributed by atoms with Crippen molar-refractivity contribution in [2.45, 2.75) is 13.0 Å². The molecule has 0 saturated heterocycles. The lowest BCUT2D eigenvalue weighted by molar-refractivity contribution is -0.123. The van der Waals surface area contributed by atoms with E-state index in [1.54, 1.807) is 11.4 Å². The fourth-order valence-corrected chi connectivity index (χ4v) is 2.82. The van der Waals surface area contributed by atoms with Crippen LogP contribution in [-0.4, -0.2) is 38.1 Å². The topological polar surface area (TPSA) is 117 Å². The van der Waals surface area contributed by atoms with Crippen LogP contribution in [0.5, 0.6) is 11.5 Å². The molecule has 2 rings (SSSR count). The number of rotatable bonds is 7. The molecule has 138 valence electrons. The van der Waals surface area contributed by atoms with Crippen molar-refractivity contribution in [3.8, 4) is 11.5 Å². The van der Waals surface area contributed by atoms with Crippen molar-refractivity contribution < 1.29 is 28.6 Å². The van der Waals surface area contributed by atoms with E-state index in [0.717, 1.165) is 11.3 Å². The Hall–Kier alpha value is -3.07. The Morgan fingerprint density at radius 2 is 1.73 bits per heavy atom. The van der Waals surface area contributed by atoms with Gasteiger partial charge in [-0.05, 0) is 30.5 Å². The number of nitrogens with two attached hydrogens (primary N) is 1. The van der Waals surface area contributed by atoms with Crippen molar-refractivity contribution in [2.24, 2.45) is 5.73 Å². The van der Waals surface area contributed by atoms with Gasteiger partial charge in [-0.1, -0.05) is 0 Å². The zero-order valence-corrected chi connectivity index (χ0v) is 15.2. The van der Waals surface area contributed by atoms with Gasteiger partial charge < -0.3 is 25.3 Å². The van der Waals surface area contributed by atoms with Gasteiger partial charge in [0.05, 0.1) is 25.3 Å². The Bertz CT molecular complexity index is 810. The second-order valence-corrected chi connectivity index (χ2v) is 6.08. The Morgan fingerprint density at radius 1 is 1.12 bits per heavy atom. The molecule has 1 heterocycles. The average Bonchev–Trinajstić information content (AvgIpc) is 3.09. The van der Waals surface area contributed by atoms with Gasteiger partial charge in [0.25, 0.3) is 11.8 Å². The number of benzene rings is 1. The van der Waals surface area contributed by atoms with Gasteiger partial charge in [-0.15, -0.1) is 11.3 Å². The third-order valence-electron chi connectivity index (χ3n) is 3.41. The van der Waals surface area contributed by atoms with E-state index in [1.807, 2.05) is 0 Å². The van der Waals surface area contributed by atoms with Crippen LogP contribution in [0.2, 0.25) is 0 Å². The maximum atomic E-state index is 12.3. The highest BCUT2D eigenvalue weighted by atomic mass is 32.1. The van der Waals surface area contributed by atoms with Gasteiger partial charge in [0.15, 0.2) is 6.10 Å². The second kappa shape index (κ2) is 8.34. The SMILES string of the molecule is COc1cc(OC)cc(C(=O)OC(C)C(=O)Nc2sccc2C(N)=O)c1. The lowest BCUT2D eigenvalue weighted by atomic mass is 10.2. The molecule has 3 N–H and O–H groups in total. The van der Waals surface area contributed by atoms with E-state index in [2.05, 4.69) is 5.32 Å². The molecule has 0 saturated carbocycles. The van der Waals surface area contributed by atoms with Gasteiger partial charge in [-0.25, -0.2) is 4.79 Å². The molecule has 0 fully saturated rings. The molecule has 1 aromatic heterocycles. The predicted molar refractivity (Wildman–Crippen MR) is 95.9 cm³/mol. The summed E-state index contributed by atoms with van der Waals surface area (Å²) in [7, 11) is 2.91. The summed E-state index contributed by atoms with van der Waals surface area (Å²) < 4.78 is 15.4. The highest BCUT2D eigenvalue weighted by Gasteiger charge is 2.22. The lowest BCUT2D eigenvalue weighted by Crippen LogP contribution is -2.30. The van der Waals surface area contributed by atoms with Gasteiger partial charge in [0.1, 0.15) is 16.5 Å². The highest BCUT2D eigenvalue weighted by molar-refractivity contribution is 7.14. The standard InChI is InChI=1S/C17H18N2O6S/c1-9(15(21)19-16-13(14(18)20)4-5-26-16)25-17(22)10-6-11(23-2)8-12(7-10)24-3/h4-9H,1-3H3,(H2,18,20)(H,19,21). The first kappa shape index (κ1) is 19.3. The van der Waals surface area contributed by atoms with E-state index in [9.17, 15) is 14.4 Å². The van der Waals surface area contributed by atoms with Gasteiger partial charge in [-0.2, -0.15) is 0 Å². The van der Waals surface area contributed by atoms with Crippen molar-refractivity contribution >= 4 is 34.1 Å². The summed E-state index contributed by atoms with van der Waals surface area (Å²) in [5.41, 5.74) is 5.60. The van der Waals surface area contributed by atoms with Gasteiger partial charge >= 0.3 is 5.97 Å². The Morgan fingerprint density at radius 3 is 2.27 bits per heavy atom. The summed E-state index contributed by atoms with van der Waals surface area (Å²) in [5.74, 6) is -1.13. The first-order valence-corrected chi connectivity index (χ1v) is 8.36. The highest BCUT2D eigenvalue weighted by Crippen LogP contribution is 2.24. The van der Waals surface area contributed by atoms with Crippen LogP contribution in [0, 0.1) is 0 Å². The number of hydrogen-bond acceptors (Lipinski definition) is 7. The summed E-state index contributed by atoms with van der Waals surface area (Å²) >= 11 is 1.14. The molecule has 0 aliphatic rings. The van der Waals surface area contributed by atoms with Crippen molar-refractivity contribution in [3.05, 3.63) is 40.8 Å². The van der Waals surface area contributed by atoms with E-state index in [1.165, 1.54) is 39.3 Å².